The molecule has 0 unspecified atom stereocenters. The molecule has 0 radical (unpaired) electrons. The van der Waals surface area contributed by atoms with Crippen LogP contribution in [0.2, 0.25) is 0 Å². The third-order valence-corrected chi connectivity index (χ3v) is 5.08. The number of rotatable bonds is 3. The van der Waals surface area contributed by atoms with E-state index < -0.39 is 0 Å². The molecule has 0 amide bonds. The second-order valence-corrected chi connectivity index (χ2v) is 7.71. The van der Waals surface area contributed by atoms with Crippen LogP contribution in [0.3, 0.4) is 0 Å². The molecule has 98 valence electrons. The van der Waals surface area contributed by atoms with Crippen LogP contribution in [0, 0.1) is 5.41 Å². The van der Waals surface area contributed by atoms with Crippen molar-refractivity contribution in [3.8, 4) is 0 Å². The summed E-state index contributed by atoms with van der Waals surface area (Å²) in [5, 5.41) is 0. The average molecular weight is 257 g/mol. The Labute approximate surface area is 108 Å². The SMILES string of the molecule is CC1(C)CN(CC2(C=O)CCOCC2)CCS1. The van der Waals surface area contributed by atoms with Gasteiger partial charge in [-0.15, -0.1) is 0 Å². The highest BCUT2D eigenvalue weighted by atomic mass is 32.2. The maximum Gasteiger partial charge on any atom is 0.127 e. The van der Waals surface area contributed by atoms with Gasteiger partial charge < -0.3 is 14.4 Å². The molecule has 4 heteroatoms. The first-order valence-corrected chi connectivity index (χ1v) is 7.44. The first-order chi connectivity index (χ1) is 8.05. The fraction of sp³-hybridized carbons (Fsp3) is 0.923. The van der Waals surface area contributed by atoms with E-state index >= 15 is 0 Å². The molecular formula is C13H23NO2S. The Morgan fingerprint density at radius 2 is 2.06 bits per heavy atom. The van der Waals surface area contributed by atoms with Crippen LogP contribution < -0.4 is 0 Å². The second kappa shape index (κ2) is 5.29. The van der Waals surface area contributed by atoms with E-state index in [-0.39, 0.29) is 5.41 Å². The third-order valence-electron chi connectivity index (χ3n) is 3.78. The molecule has 2 aliphatic rings. The minimum absolute atomic E-state index is 0.143. The fourth-order valence-electron chi connectivity index (χ4n) is 2.79. The van der Waals surface area contributed by atoms with E-state index in [4.69, 9.17) is 4.74 Å². The number of aldehydes is 1. The average Bonchev–Trinajstić information content (AvgIpc) is 2.29. The Balaban J connectivity index is 1.96. The van der Waals surface area contributed by atoms with Crippen molar-refractivity contribution in [2.24, 2.45) is 5.41 Å². The third kappa shape index (κ3) is 3.46. The number of nitrogens with zero attached hydrogens (tertiary/aromatic N) is 1. The van der Waals surface area contributed by atoms with E-state index in [0.717, 1.165) is 45.7 Å². The van der Waals surface area contributed by atoms with Crippen molar-refractivity contribution in [2.75, 3.05) is 38.6 Å². The number of ether oxygens (including phenoxy) is 1. The monoisotopic (exact) mass is 257 g/mol. The van der Waals surface area contributed by atoms with Crippen molar-refractivity contribution in [3.05, 3.63) is 0 Å². The maximum atomic E-state index is 11.4. The summed E-state index contributed by atoms with van der Waals surface area (Å²) in [6, 6.07) is 0. The van der Waals surface area contributed by atoms with E-state index in [1.165, 1.54) is 12.0 Å². The number of carbonyl (C=O) groups excluding carboxylic acids is 1. The molecule has 2 heterocycles. The number of hydrogen-bond donors (Lipinski definition) is 0. The molecule has 3 nitrogen and oxygen atoms in total. The molecular weight excluding hydrogens is 234 g/mol. The van der Waals surface area contributed by atoms with Crippen LogP contribution in [0.25, 0.3) is 0 Å². The van der Waals surface area contributed by atoms with E-state index in [2.05, 4.69) is 18.7 Å². The van der Waals surface area contributed by atoms with Crippen molar-refractivity contribution in [1.29, 1.82) is 0 Å². The van der Waals surface area contributed by atoms with Crippen LogP contribution in [0.1, 0.15) is 26.7 Å². The molecule has 0 aromatic heterocycles. The summed E-state index contributed by atoms with van der Waals surface area (Å²) in [6.07, 6.45) is 2.96. The smallest absolute Gasteiger partial charge is 0.127 e. The first kappa shape index (κ1) is 13.4. The van der Waals surface area contributed by atoms with Crippen molar-refractivity contribution in [1.82, 2.24) is 4.90 Å². The summed E-state index contributed by atoms with van der Waals surface area (Å²) < 4.78 is 5.70. The van der Waals surface area contributed by atoms with Gasteiger partial charge in [-0.1, -0.05) is 0 Å². The quantitative estimate of drug-likeness (QED) is 0.721. The largest absolute Gasteiger partial charge is 0.381 e. The van der Waals surface area contributed by atoms with Gasteiger partial charge in [-0.2, -0.15) is 11.8 Å². The molecule has 2 aliphatic heterocycles. The van der Waals surface area contributed by atoms with Crippen LogP contribution in [-0.4, -0.2) is 54.5 Å². The summed E-state index contributed by atoms with van der Waals surface area (Å²) in [5.41, 5.74) is -0.143. The molecule has 0 bridgehead atoms. The molecule has 0 aromatic carbocycles. The van der Waals surface area contributed by atoms with Crippen molar-refractivity contribution in [3.63, 3.8) is 0 Å². The van der Waals surface area contributed by atoms with Crippen molar-refractivity contribution >= 4 is 18.0 Å². The van der Waals surface area contributed by atoms with E-state index in [9.17, 15) is 4.79 Å². The van der Waals surface area contributed by atoms with Gasteiger partial charge in [-0.05, 0) is 26.7 Å². The summed E-state index contributed by atoms with van der Waals surface area (Å²) >= 11 is 2.04. The predicted octanol–water partition coefficient (Wildman–Crippen LogP) is 1.81. The predicted molar refractivity (Wildman–Crippen MR) is 71.5 cm³/mol. The Bertz CT molecular complexity index is 275. The van der Waals surface area contributed by atoms with Crippen LogP contribution in [0.15, 0.2) is 0 Å². The number of thioether (sulfide) groups is 1. The molecule has 0 aliphatic carbocycles. The van der Waals surface area contributed by atoms with Gasteiger partial charge in [-0.25, -0.2) is 0 Å². The molecule has 0 aromatic rings. The highest BCUT2D eigenvalue weighted by molar-refractivity contribution is 8.00. The molecule has 17 heavy (non-hydrogen) atoms. The molecule has 0 N–H and O–H groups in total. The van der Waals surface area contributed by atoms with E-state index in [1.807, 2.05) is 11.8 Å². The van der Waals surface area contributed by atoms with Crippen LogP contribution >= 0.6 is 11.8 Å². The highest BCUT2D eigenvalue weighted by Crippen LogP contribution is 2.34. The molecule has 0 spiro atoms. The Hall–Kier alpha value is -0.0600. The van der Waals surface area contributed by atoms with E-state index in [0.29, 0.717) is 4.75 Å². The van der Waals surface area contributed by atoms with Crippen LogP contribution in [0.4, 0.5) is 0 Å². The minimum Gasteiger partial charge on any atom is -0.381 e. The lowest BCUT2D eigenvalue weighted by molar-refractivity contribution is -0.123. The Morgan fingerprint density at radius 3 is 2.65 bits per heavy atom. The summed E-state index contributed by atoms with van der Waals surface area (Å²) in [4.78, 5) is 13.9. The lowest BCUT2D eigenvalue weighted by Gasteiger charge is -2.42. The standard InChI is InChI=1S/C13H23NO2S/c1-12(2)9-14(5-8-17-12)10-13(11-15)3-6-16-7-4-13/h11H,3-10H2,1-2H3. The zero-order chi connectivity index (χ0) is 12.4. The molecule has 2 rings (SSSR count). The van der Waals surface area contributed by atoms with Gasteiger partial charge in [0, 0.05) is 48.8 Å². The van der Waals surface area contributed by atoms with Gasteiger partial charge in [-0.3, -0.25) is 0 Å². The van der Waals surface area contributed by atoms with Crippen molar-refractivity contribution in [2.45, 2.75) is 31.4 Å². The van der Waals surface area contributed by atoms with Gasteiger partial charge >= 0.3 is 0 Å². The molecule has 0 saturated carbocycles. The normalized spacial score (nSPS) is 28.8. The summed E-state index contributed by atoms with van der Waals surface area (Å²) in [6.45, 7) is 9.20. The zero-order valence-corrected chi connectivity index (χ0v) is 11.7. The Morgan fingerprint density at radius 1 is 1.35 bits per heavy atom. The summed E-state index contributed by atoms with van der Waals surface area (Å²) in [5.74, 6) is 1.18. The van der Waals surface area contributed by atoms with Crippen LogP contribution in [-0.2, 0) is 9.53 Å². The second-order valence-electron chi connectivity index (χ2n) is 5.91. The number of hydrogen-bond acceptors (Lipinski definition) is 4. The van der Waals surface area contributed by atoms with Gasteiger partial charge in [0.2, 0.25) is 0 Å². The van der Waals surface area contributed by atoms with Gasteiger partial charge in [0.1, 0.15) is 6.29 Å². The minimum atomic E-state index is -0.143. The maximum absolute atomic E-state index is 11.4. The first-order valence-electron chi connectivity index (χ1n) is 6.46. The molecule has 2 fully saturated rings. The number of carbonyl (C=O) groups is 1. The molecule has 2 saturated heterocycles. The van der Waals surface area contributed by atoms with Crippen LogP contribution in [0.5, 0.6) is 0 Å². The summed E-state index contributed by atoms with van der Waals surface area (Å²) in [7, 11) is 0. The fourth-order valence-corrected chi connectivity index (χ4v) is 3.96. The molecule has 0 atom stereocenters. The van der Waals surface area contributed by atoms with Gasteiger partial charge in [0.25, 0.3) is 0 Å². The zero-order valence-electron chi connectivity index (χ0n) is 10.9. The highest BCUT2D eigenvalue weighted by Gasteiger charge is 2.37. The van der Waals surface area contributed by atoms with Gasteiger partial charge in [0.05, 0.1) is 0 Å². The Kier molecular flexibility index (Phi) is 4.16. The van der Waals surface area contributed by atoms with E-state index in [1.54, 1.807) is 0 Å². The lowest BCUT2D eigenvalue weighted by Crippen LogP contribution is -2.49. The lowest BCUT2D eigenvalue weighted by atomic mass is 9.81. The topological polar surface area (TPSA) is 29.5 Å². The van der Waals surface area contributed by atoms with Gasteiger partial charge in [0.15, 0.2) is 0 Å². The van der Waals surface area contributed by atoms with Crippen molar-refractivity contribution < 1.29 is 9.53 Å².